The Bertz CT molecular complexity index is 958. The molecule has 0 bridgehead atoms. The number of hydrogen-bond donors (Lipinski definition) is 1. The molecule has 160 valence electrons. The number of carbonyl (C=O) groups excluding carboxylic acids is 1. The normalized spacial score (nSPS) is 28.2. The highest BCUT2D eigenvalue weighted by molar-refractivity contribution is 5.91. The van der Waals surface area contributed by atoms with Gasteiger partial charge in [-0.3, -0.25) is 9.78 Å². The van der Waals surface area contributed by atoms with Gasteiger partial charge in [0.15, 0.2) is 0 Å². The molecular weight excluding hydrogens is 382 g/mol. The Morgan fingerprint density at radius 1 is 1.13 bits per heavy atom. The molecule has 0 unspecified atom stereocenters. The number of likely N-dealkylation sites (tertiary alicyclic amines) is 1. The predicted molar refractivity (Wildman–Crippen MR) is 109 cm³/mol. The molecule has 2 aromatic heterocycles. The average molecular weight is 412 g/mol. The molecule has 5 rings (SSSR count). The van der Waals surface area contributed by atoms with E-state index in [0.717, 1.165) is 55.2 Å². The van der Waals surface area contributed by atoms with E-state index in [1.54, 1.807) is 0 Å². The van der Waals surface area contributed by atoms with Crippen LogP contribution in [-0.2, 0) is 13.0 Å². The van der Waals surface area contributed by atoms with E-state index in [4.69, 9.17) is 4.74 Å². The smallest absolute Gasteiger partial charge is 0.291 e. The maximum atomic E-state index is 13.2. The first-order valence-electron chi connectivity index (χ1n) is 11.0. The van der Waals surface area contributed by atoms with Crippen LogP contribution in [0.15, 0.2) is 12.1 Å². The van der Waals surface area contributed by atoms with Crippen molar-refractivity contribution < 1.29 is 14.6 Å². The zero-order valence-corrected chi connectivity index (χ0v) is 17.6. The summed E-state index contributed by atoms with van der Waals surface area (Å²) in [6.07, 6.45) is 3.64. The molecule has 1 aliphatic carbocycles. The van der Waals surface area contributed by atoms with Gasteiger partial charge in [0.1, 0.15) is 17.7 Å². The Kier molecular flexibility index (Phi) is 4.97. The summed E-state index contributed by atoms with van der Waals surface area (Å²) in [5.41, 5.74) is 1.79. The molecule has 1 amide bonds. The molecule has 1 N–H and O–H groups in total. The fourth-order valence-corrected chi connectivity index (χ4v) is 5.25. The summed E-state index contributed by atoms with van der Waals surface area (Å²) in [4.78, 5) is 19.5. The molecule has 0 spiro atoms. The van der Waals surface area contributed by atoms with E-state index in [1.165, 1.54) is 0 Å². The number of pyridine rings is 1. The number of aryl methyl sites for hydroxylation is 3. The lowest BCUT2D eigenvalue weighted by atomic mass is 9.78. The Hall–Kier alpha value is -2.48. The fraction of sp³-hybridized carbons (Fsp3) is 0.636. The molecule has 0 radical (unpaired) electrons. The van der Waals surface area contributed by atoms with Crippen LogP contribution < -0.4 is 4.74 Å². The third-order valence-corrected chi connectivity index (χ3v) is 6.88. The van der Waals surface area contributed by atoms with Gasteiger partial charge in [-0.25, -0.2) is 0 Å². The SMILES string of the molecule is Cc1ccc(O[C@@H]2C[C@@H]3CN(C(=O)c4nnc5n4CCCC5)C[C@@H]3C[C@H]2O)c(C)n1. The first kappa shape index (κ1) is 19.5. The van der Waals surface area contributed by atoms with Crippen LogP contribution in [0.3, 0.4) is 0 Å². The highest BCUT2D eigenvalue weighted by Crippen LogP contribution is 2.38. The monoisotopic (exact) mass is 411 g/mol. The summed E-state index contributed by atoms with van der Waals surface area (Å²) in [5, 5.41) is 19.1. The molecule has 30 heavy (non-hydrogen) atoms. The van der Waals surface area contributed by atoms with Crippen LogP contribution in [0.4, 0.5) is 0 Å². The molecule has 0 aromatic carbocycles. The van der Waals surface area contributed by atoms with Crippen molar-refractivity contribution in [2.45, 2.75) is 64.7 Å². The standard InChI is InChI=1S/C22H29N5O3/c1-13-6-7-18(14(2)23-13)30-19-10-16-12-26(11-15(16)9-17(19)28)22(29)21-25-24-20-5-3-4-8-27(20)21/h6-7,15-17,19,28H,3-5,8-12H2,1-2H3/t15-,16+,17+,19+/m0/s1. The average Bonchev–Trinajstić information content (AvgIpc) is 3.33. The second-order valence-corrected chi connectivity index (χ2v) is 9.01. The van der Waals surface area contributed by atoms with Crippen LogP contribution in [0.2, 0.25) is 0 Å². The highest BCUT2D eigenvalue weighted by Gasteiger charge is 2.45. The number of aliphatic hydroxyl groups excluding tert-OH is 1. The van der Waals surface area contributed by atoms with Crippen molar-refractivity contribution in [3.05, 3.63) is 35.2 Å². The minimum Gasteiger partial charge on any atom is -0.486 e. The van der Waals surface area contributed by atoms with Crippen LogP contribution in [0, 0.1) is 25.7 Å². The van der Waals surface area contributed by atoms with Gasteiger partial charge in [-0.2, -0.15) is 0 Å². The van der Waals surface area contributed by atoms with Gasteiger partial charge in [0, 0.05) is 31.7 Å². The molecule has 3 aliphatic rings. The maximum Gasteiger partial charge on any atom is 0.291 e. The molecule has 8 heteroatoms. The first-order valence-corrected chi connectivity index (χ1v) is 11.0. The first-order chi connectivity index (χ1) is 14.5. The third kappa shape index (κ3) is 3.47. The second-order valence-electron chi connectivity index (χ2n) is 9.01. The van der Waals surface area contributed by atoms with E-state index in [0.29, 0.717) is 37.2 Å². The second kappa shape index (κ2) is 7.65. The number of ether oxygens (including phenoxy) is 1. The summed E-state index contributed by atoms with van der Waals surface area (Å²) in [7, 11) is 0. The number of amides is 1. The Morgan fingerprint density at radius 2 is 1.93 bits per heavy atom. The minimum absolute atomic E-state index is 0.0319. The molecule has 2 aromatic rings. The van der Waals surface area contributed by atoms with E-state index in [1.807, 2.05) is 35.4 Å². The van der Waals surface area contributed by atoms with Gasteiger partial charge < -0.3 is 19.3 Å². The topological polar surface area (TPSA) is 93.4 Å². The van der Waals surface area contributed by atoms with Gasteiger partial charge in [-0.15, -0.1) is 10.2 Å². The van der Waals surface area contributed by atoms with Crippen LogP contribution in [-0.4, -0.2) is 61.0 Å². The number of aliphatic hydroxyl groups is 1. The van der Waals surface area contributed by atoms with E-state index < -0.39 is 6.10 Å². The van der Waals surface area contributed by atoms with E-state index in [2.05, 4.69) is 15.2 Å². The van der Waals surface area contributed by atoms with Gasteiger partial charge >= 0.3 is 0 Å². The number of fused-ring (bicyclic) bond motifs is 2. The Labute approximate surface area is 176 Å². The largest absolute Gasteiger partial charge is 0.486 e. The summed E-state index contributed by atoms with van der Waals surface area (Å²) >= 11 is 0. The maximum absolute atomic E-state index is 13.2. The zero-order chi connectivity index (χ0) is 20.8. The van der Waals surface area contributed by atoms with Gasteiger partial charge in [0.2, 0.25) is 5.82 Å². The van der Waals surface area contributed by atoms with Gasteiger partial charge in [0.05, 0.1) is 11.8 Å². The predicted octanol–water partition coefficient (Wildman–Crippen LogP) is 1.92. The van der Waals surface area contributed by atoms with E-state index >= 15 is 0 Å². The molecule has 1 saturated carbocycles. The van der Waals surface area contributed by atoms with Crippen molar-refractivity contribution in [1.82, 2.24) is 24.6 Å². The summed E-state index contributed by atoms with van der Waals surface area (Å²) in [5.74, 6) is 2.71. The number of nitrogens with zero attached hydrogens (tertiary/aromatic N) is 5. The fourth-order valence-electron chi connectivity index (χ4n) is 5.25. The lowest BCUT2D eigenvalue weighted by molar-refractivity contribution is -0.0236. The molecule has 2 aliphatic heterocycles. The van der Waals surface area contributed by atoms with Gasteiger partial charge in [0.25, 0.3) is 5.91 Å². The van der Waals surface area contributed by atoms with Crippen molar-refractivity contribution >= 4 is 5.91 Å². The number of carbonyl (C=O) groups is 1. The van der Waals surface area contributed by atoms with Crippen LogP contribution in [0.25, 0.3) is 0 Å². The number of aromatic nitrogens is 4. The van der Waals surface area contributed by atoms with Crippen molar-refractivity contribution in [2.75, 3.05) is 13.1 Å². The Morgan fingerprint density at radius 3 is 2.73 bits per heavy atom. The molecular formula is C22H29N5O3. The van der Waals surface area contributed by atoms with Crippen molar-refractivity contribution in [3.8, 4) is 5.75 Å². The molecule has 2 fully saturated rings. The quantitative estimate of drug-likeness (QED) is 0.829. The Balaban J connectivity index is 1.27. The zero-order valence-electron chi connectivity index (χ0n) is 17.6. The van der Waals surface area contributed by atoms with E-state index in [9.17, 15) is 9.90 Å². The van der Waals surface area contributed by atoms with Crippen LogP contribution in [0.5, 0.6) is 5.75 Å². The summed E-state index contributed by atoms with van der Waals surface area (Å²) in [6.45, 7) is 6.05. The van der Waals surface area contributed by atoms with Crippen LogP contribution in [0.1, 0.15) is 53.5 Å². The highest BCUT2D eigenvalue weighted by atomic mass is 16.5. The number of hydrogen-bond acceptors (Lipinski definition) is 6. The molecule has 4 heterocycles. The molecule has 8 nitrogen and oxygen atoms in total. The summed E-state index contributed by atoms with van der Waals surface area (Å²) < 4.78 is 8.15. The minimum atomic E-state index is -0.539. The lowest BCUT2D eigenvalue weighted by Gasteiger charge is -2.35. The third-order valence-electron chi connectivity index (χ3n) is 6.88. The summed E-state index contributed by atoms with van der Waals surface area (Å²) in [6, 6.07) is 3.85. The van der Waals surface area contributed by atoms with Gasteiger partial charge in [-0.05, 0) is 63.5 Å². The van der Waals surface area contributed by atoms with Crippen molar-refractivity contribution in [1.29, 1.82) is 0 Å². The van der Waals surface area contributed by atoms with Crippen LogP contribution >= 0.6 is 0 Å². The van der Waals surface area contributed by atoms with E-state index in [-0.39, 0.29) is 12.0 Å². The molecule has 1 saturated heterocycles. The van der Waals surface area contributed by atoms with Crippen molar-refractivity contribution in [3.63, 3.8) is 0 Å². The molecule has 4 atom stereocenters. The lowest BCUT2D eigenvalue weighted by Crippen LogP contribution is -2.42. The van der Waals surface area contributed by atoms with Gasteiger partial charge in [-0.1, -0.05) is 0 Å². The number of rotatable bonds is 3. The van der Waals surface area contributed by atoms with Crippen molar-refractivity contribution in [2.24, 2.45) is 11.8 Å².